The lowest BCUT2D eigenvalue weighted by Crippen LogP contribution is -2.08. The molecule has 9 heteroatoms. The Morgan fingerprint density at radius 2 is 1.97 bits per heavy atom. The van der Waals surface area contributed by atoms with Crippen LogP contribution in [0.5, 0.6) is 0 Å². The van der Waals surface area contributed by atoms with Crippen molar-refractivity contribution in [2.45, 2.75) is 6.92 Å². The highest BCUT2D eigenvalue weighted by atomic mass is 16.6. The van der Waals surface area contributed by atoms with Gasteiger partial charge < -0.3 is 4.74 Å². The molecular formula is C24H19N5O4. The molecule has 164 valence electrons. The third-order valence-corrected chi connectivity index (χ3v) is 4.73. The Hall–Kier alpha value is -4.66. The van der Waals surface area contributed by atoms with Gasteiger partial charge in [-0.25, -0.2) is 14.5 Å². The molecule has 0 amide bonds. The first-order valence-electron chi connectivity index (χ1n) is 10.1. The average molecular weight is 441 g/mol. The number of esters is 1. The molecule has 0 aliphatic carbocycles. The van der Waals surface area contributed by atoms with Crippen molar-refractivity contribution in [2.75, 3.05) is 6.61 Å². The van der Waals surface area contributed by atoms with E-state index < -0.39 is 10.9 Å². The third kappa shape index (κ3) is 4.82. The van der Waals surface area contributed by atoms with Gasteiger partial charge in [0.25, 0.3) is 5.69 Å². The Kier molecular flexibility index (Phi) is 6.31. The number of carbonyl (C=O) groups is 1. The third-order valence-electron chi connectivity index (χ3n) is 4.73. The summed E-state index contributed by atoms with van der Waals surface area (Å²) >= 11 is 0. The molecule has 0 aliphatic rings. The number of nitro groups is 1. The summed E-state index contributed by atoms with van der Waals surface area (Å²) in [6, 6.07) is 14.5. The van der Waals surface area contributed by atoms with E-state index in [-0.39, 0.29) is 23.6 Å². The van der Waals surface area contributed by atoms with Crippen molar-refractivity contribution in [2.24, 2.45) is 0 Å². The minimum atomic E-state index is -0.680. The predicted molar refractivity (Wildman–Crippen MR) is 123 cm³/mol. The van der Waals surface area contributed by atoms with Gasteiger partial charge in [-0.1, -0.05) is 18.2 Å². The van der Waals surface area contributed by atoms with Gasteiger partial charge in [-0.3, -0.25) is 15.1 Å². The van der Waals surface area contributed by atoms with Gasteiger partial charge in [0.1, 0.15) is 11.9 Å². The van der Waals surface area contributed by atoms with Crippen molar-refractivity contribution in [3.8, 4) is 16.9 Å². The number of rotatable bonds is 7. The van der Waals surface area contributed by atoms with Gasteiger partial charge in [0, 0.05) is 35.8 Å². The van der Waals surface area contributed by atoms with Gasteiger partial charge in [-0.05, 0) is 43.3 Å². The first kappa shape index (κ1) is 21.6. The molecular weight excluding hydrogens is 422 g/mol. The van der Waals surface area contributed by atoms with Crippen LogP contribution in [0, 0.1) is 10.1 Å². The van der Waals surface area contributed by atoms with Crippen molar-refractivity contribution in [3.05, 3.63) is 100 Å². The number of nitrogens with zero attached hydrogens (tertiary/aromatic N) is 5. The van der Waals surface area contributed by atoms with Gasteiger partial charge in [-0.15, -0.1) is 0 Å². The zero-order chi connectivity index (χ0) is 23.2. The molecule has 0 saturated carbocycles. The van der Waals surface area contributed by atoms with Crippen LogP contribution in [0.1, 0.15) is 28.5 Å². The molecule has 0 radical (unpaired) electrons. The van der Waals surface area contributed by atoms with E-state index in [9.17, 15) is 14.9 Å². The zero-order valence-corrected chi connectivity index (χ0v) is 17.7. The molecule has 9 nitrogen and oxygen atoms in total. The molecule has 0 spiro atoms. The van der Waals surface area contributed by atoms with Crippen LogP contribution in [0.2, 0.25) is 0 Å². The van der Waals surface area contributed by atoms with Crippen LogP contribution >= 0.6 is 0 Å². The maximum atomic E-state index is 12.4. The molecule has 0 unspecified atom stereocenters. The SMILES string of the molecule is CCOC(=O)c1cc([N+](=O)[O-])cnc1C=Cc1cn(-c2ccccc2)nc1-c1cccnc1. The first-order valence-corrected chi connectivity index (χ1v) is 10.1. The summed E-state index contributed by atoms with van der Waals surface area (Å²) in [4.78, 5) is 31.2. The fourth-order valence-electron chi connectivity index (χ4n) is 3.19. The Morgan fingerprint density at radius 1 is 1.15 bits per heavy atom. The van der Waals surface area contributed by atoms with Gasteiger partial charge in [0.05, 0.1) is 28.5 Å². The Bertz CT molecular complexity index is 1320. The minimum Gasteiger partial charge on any atom is -0.462 e. The van der Waals surface area contributed by atoms with Crippen molar-refractivity contribution < 1.29 is 14.5 Å². The number of pyridine rings is 2. The molecule has 3 aromatic heterocycles. The average Bonchev–Trinajstić information content (AvgIpc) is 3.28. The van der Waals surface area contributed by atoms with E-state index in [0.29, 0.717) is 5.69 Å². The molecule has 0 N–H and O–H groups in total. The molecule has 0 aliphatic heterocycles. The number of aromatic nitrogens is 4. The predicted octanol–water partition coefficient (Wildman–Crippen LogP) is 4.58. The van der Waals surface area contributed by atoms with Crippen molar-refractivity contribution >= 4 is 23.8 Å². The summed E-state index contributed by atoms with van der Waals surface area (Å²) in [5.74, 6) is -0.680. The second kappa shape index (κ2) is 9.65. The molecule has 0 fully saturated rings. The maximum absolute atomic E-state index is 12.4. The Balaban J connectivity index is 1.79. The summed E-state index contributed by atoms with van der Waals surface area (Å²) in [7, 11) is 0. The fourth-order valence-corrected chi connectivity index (χ4v) is 3.19. The van der Waals surface area contributed by atoms with Crippen molar-refractivity contribution in [1.29, 1.82) is 0 Å². The van der Waals surface area contributed by atoms with Crippen LogP contribution in [0.25, 0.3) is 29.1 Å². The van der Waals surface area contributed by atoms with E-state index in [1.165, 1.54) is 6.07 Å². The fraction of sp³-hybridized carbons (Fsp3) is 0.0833. The van der Waals surface area contributed by atoms with Crippen LogP contribution in [-0.4, -0.2) is 37.2 Å². The summed E-state index contributed by atoms with van der Waals surface area (Å²) in [6.45, 7) is 1.80. The number of benzene rings is 1. The van der Waals surface area contributed by atoms with Gasteiger partial charge in [-0.2, -0.15) is 5.10 Å². The molecule has 33 heavy (non-hydrogen) atoms. The molecule has 4 aromatic rings. The van der Waals surface area contributed by atoms with E-state index in [1.54, 1.807) is 36.2 Å². The van der Waals surface area contributed by atoms with E-state index >= 15 is 0 Å². The standard InChI is InChI=1S/C24H19N5O4/c1-2-33-24(30)21-13-20(29(31)32)15-26-22(21)11-10-18-16-28(19-8-4-3-5-9-19)27-23(18)17-7-6-12-25-14-17/h3-16H,2H2,1H3. The monoisotopic (exact) mass is 441 g/mol. The lowest BCUT2D eigenvalue weighted by Gasteiger charge is -2.05. The Morgan fingerprint density at radius 3 is 2.67 bits per heavy atom. The summed E-state index contributed by atoms with van der Waals surface area (Å²) < 4.78 is 6.80. The molecule has 0 saturated heterocycles. The lowest BCUT2D eigenvalue weighted by molar-refractivity contribution is -0.385. The number of hydrogen-bond acceptors (Lipinski definition) is 7. The highest BCUT2D eigenvalue weighted by molar-refractivity contribution is 5.95. The molecule has 0 bridgehead atoms. The lowest BCUT2D eigenvalue weighted by atomic mass is 10.1. The minimum absolute atomic E-state index is 0.0145. The van der Waals surface area contributed by atoms with Crippen molar-refractivity contribution in [3.63, 3.8) is 0 Å². The Labute approximate surface area is 189 Å². The van der Waals surface area contributed by atoms with E-state index in [1.807, 2.05) is 48.7 Å². The normalized spacial score (nSPS) is 10.9. The summed E-state index contributed by atoms with van der Waals surface area (Å²) in [5.41, 5.74) is 3.11. The van der Waals surface area contributed by atoms with Crippen LogP contribution in [0.3, 0.4) is 0 Å². The topological polar surface area (TPSA) is 113 Å². The highest BCUT2D eigenvalue weighted by Gasteiger charge is 2.18. The summed E-state index contributed by atoms with van der Waals surface area (Å²) in [6.07, 6.45) is 9.72. The maximum Gasteiger partial charge on any atom is 0.340 e. The molecule has 1 aromatic carbocycles. The van der Waals surface area contributed by atoms with Crippen LogP contribution < -0.4 is 0 Å². The van der Waals surface area contributed by atoms with Crippen LogP contribution in [0.4, 0.5) is 5.69 Å². The second-order valence-corrected chi connectivity index (χ2v) is 6.89. The van der Waals surface area contributed by atoms with E-state index in [2.05, 4.69) is 9.97 Å². The van der Waals surface area contributed by atoms with Crippen LogP contribution in [-0.2, 0) is 4.74 Å². The van der Waals surface area contributed by atoms with Crippen LogP contribution in [0.15, 0.2) is 73.3 Å². The largest absolute Gasteiger partial charge is 0.462 e. The van der Waals surface area contributed by atoms with Gasteiger partial charge >= 0.3 is 5.97 Å². The van der Waals surface area contributed by atoms with Crippen molar-refractivity contribution in [1.82, 2.24) is 19.7 Å². The number of ether oxygens (including phenoxy) is 1. The quantitative estimate of drug-likeness (QED) is 0.234. The zero-order valence-electron chi connectivity index (χ0n) is 17.7. The number of carbonyl (C=O) groups excluding carboxylic acids is 1. The van der Waals surface area contributed by atoms with E-state index in [0.717, 1.165) is 23.0 Å². The second-order valence-electron chi connectivity index (χ2n) is 6.89. The molecule has 4 rings (SSSR count). The molecule has 0 atom stereocenters. The smallest absolute Gasteiger partial charge is 0.340 e. The summed E-state index contributed by atoms with van der Waals surface area (Å²) in [5, 5.41) is 15.9. The number of hydrogen-bond donors (Lipinski definition) is 0. The van der Waals surface area contributed by atoms with Gasteiger partial charge in [0.2, 0.25) is 0 Å². The van der Waals surface area contributed by atoms with E-state index in [4.69, 9.17) is 9.84 Å². The highest BCUT2D eigenvalue weighted by Crippen LogP contribution is 2.26. The first-order chi connectivity index (χ1) is 16.1. The number of para-hydroxylation sites is 1. The van der Waals surface area contributed by atoms with Gasteiger partial charge in [0.15, 0.2) is 0 Å². The molecule has 3 heterocycles.